The number of benzene rings is 1. The topological polar surface area (TPSA) is 29.5 Å². The molecule has 0 saturated carbocycles. The lowest BCUT2D eigenvalue weighted by Gasteiger charge is -2.31. The molecule has 104 valence electrons. The third kappa shape index (κ3) is 4.58. The van der Waals surface area contributed by atoms with Crippen LogP contribution in [0.1, 0.15) is 32.6 Å². The Balaban J connectivity index is 1.64. The fraction of sp³-hybridized carbons (Fsp3) is 0.562. The third-order valence-corrected chi connectivity index (χ3v) is 3.56. The Bertz CT molecular complexity index is 391. The Morgan fingerprint density at radius 3 is 2.89 bits per heavy atom. The van der Waals surface area contributed by atoms with E-state index in [9.17, 15) is 4.79 Å². The second-order valence-electron chi connectivity index (χ2n) is 5.35. The summed E-state index contributed by atoms with van der Waals surface area (Å²) in [6, 6.07) is 9.75. The molecule has 1 aliphatic rings. The third-order valence-electron chi connectivity index (χ3n) is 3.56. The van der Waals surface area contributed by atoms with Gasteiger partial charge < -0.3 is 9.64 Å². The Kier molecular flexibility index (Phi) is 5.25. The van der Waals surface area contributed by atoms with Gasteiger partial charge in [0.1, 0.15) is 5.75 Å². The summed E-state index contributed by atoms with van der Waals surface area (Å²) in [6.45, 7) is 4.69. The predicted octanol–water partition coefficient (Wildman–Crippen LogP) is 3.10. The van der Waals surface area contributed by atoms with Crippen LogP contribution in [0.2, 0.25) is 0 Å². The first kappa shape index (κ1) is 13.9. The second kappa shape index (κ2) is 7.17. The van der Waals surface area contributed by atoms with Crippen molar-refractivity contribution < 1.29 is 9.53 Å². The number of ether oxygens (including phenoxy) is 1. The van der Waals surface area contributed by atoms with E-state index in [-0.39, 0.29) is 5.91 Å². The maximum Gasteiger partial charge on any atom is 0.222 e. The van der Waals surface area contributed by atoms with E-state index in [1.807, 2.05) is 35.2 Å². The molecule has 3 nitrogen and oxygen atoms in total. The molecule has 0 N–H and O–H groups in total. The molecule has 3 heteroatoms. The van der Waals surface area contributed by atoms with E-state index in [2.05, 4.69) is 6.92 Å². The van der Waals surface area contributed by atoms with Gasteiger partial charge in [0.25, 0.3) is 0 Å². The van der Waals surface area contributed by atoms with Gasteiger partial charge in [-0.15, -0.1) is 0 Å². The number of carbonyl (C=O) groups is 1. The lowest BCUT2D eigenvalue weighted by atomic mass is 10.00. The molecule has 0 radical (unpaired) electrons. The van der Waals surface area contributed by atoms with Crippen LogP contribution in [0.25, 0.3) is 0 Å². The summed E-state index contributed by atoms with van der Waals surface area (Å²) in [6.07, 6.45) is 3.78. The number of hydrogen-bond acceptors (Lipinski definition) is 2. The van der Waals surface area contributed by atoms with Crippen molar-refractivity contribution in [2.24, 2.45) is 5.92 Å². The van der Waals surface area contributed by atoms with E-state index < -0.39 is 0 Å². The summed E-state index contributed by atoms with van der Waals surface area (Å²) in [7, 11) is 0. The molecule has 2 rings (SSSR count). The molecule has 19 heavy (non-hydrogen) atoms. The highest BCUT2D eigenvalue weighted by Crippen LogP contribution is 2.16. The molecule has 1 aliphatic heterocycles. The highest BCUT2D eigenvalue weighted by atomic mass is 16.5. The minimum Gasteiger partial charge on any atom is -0.494 e. The highest BCUT2D eigenvalue weighted by molar-refractivity contribution is 5.76. The first-order valence-corrected chi connectivity index (χ1v) is 7.21. The van der Waals surface area contributed by atoms with Gasteiger partial charge in [-0.25, -0.2) is 0 Å². The van der Waals surface area contributed by atoms with Crippen LogP contribution in [0, 0.1) is 5.92 Å². The summed E-state index contributed by atoms with van der Waals surface area (Å²) in [5.41, 5.74) is 0. The van der Waals surface area contributed by atoms with Crippen molar-refractivity contribution in [1.29, 1.82) is 0 Å². The molecular formula is C16H23NO2. The molecule has 1 heterocycles. The van der Waals surface area contributed by atoms with Gasteiger partial charge >= 0.3 is 0 Å². The molecule has 0 aromatic heterocycles. The van der Waals surface area contributed by atoms with Gasteiger partial charge in [-0.3, -0.25) is 4.79 Å². The number of para-hydroxylation sites is 1. The zero-order chi connectivity index (χ0) is 13.5. The van der Waals surface area contributed by atoms with Gasteiger partial charge in [0.15, 0.2) is 0 Å². The standard InChI is InChI=1S/C16H23NO2/c1-14-7-5-11-17(13-14)16(18)10-6-12-19-15-8-3-2-4-9-15/h2-4,8-9,14H,5-7,10-13H2,1H3/t14-/m0/s1. The molecule has 1 aromatic carbocycles. The largest absolute Gasteiger partial charge is 0.494 e. The number of rotatable bonds is 5. The maximum absolute atomic E-state index is 12.0. The van der Waals surface area contributed by atoms with E-state index in [4.69, 9.17) is 4.74 Å². The summed E-state index contributed by atoms with van der Waals surface area (Å²) in [5.74, 6) is 1.81. The van der Waals surface area contributed by atoms with Crippen molar-refractivity contribution >= 4 is 5.91 Å². The molecule has 1 saturated heterocycles. The molecule has 0 unspecified atom stereocenters. The van der Waals surface area contributed by atoms with Crippen LogP contribution < -0.4 is 4.74 Å². The van der Waals surface area contributed by atoms with Crippen LogP contribution in [-0.2, 0) is 4.79 Å². The first-order valence-electron chi connectivity index (χ1n) is 7.21. The Hall–Kier alpha value is -1.51. The average Bonchev–Trinajstić information content (AvgIpc) is 2.44. The summed E-state index contributed by atoms with van der Waals surface area (Å²) >= 11 is 0. The van der Waals surface area contributed by atoms with Crippen molar-refractivity contribution in [2.75, 3.05) is 19.7 Å². The van der Waals surface area contributed by atoms with Crippen LogP contribution in [0.5, 0.6) is 5.75 Å². The number of nitrogens with zero attached hydrogens (tertiary/aromatic N) is 1. The maximum atomic E-state index is 12.0. The normalized spacial score (nSPS) is 19.2. The highest BCUT2D eigenvalue weighted by Gasteiger charge is 2.20. The van der Waals surface area contributed by atoms with Crippen molar-refractivity contribution in [3.8, 4) is 5.75 Å². The predicted molar refractivity (Wildman–Crippen MR) is 76.1 cm³/mol. The summed E-state index contributed by atoms with van der Waals surface area (Å²) in [4.78, 5) is 14.0. The van der Waals surface area contributed by atoms with E-state index in [1.54, 1.807) is 0 Å². The molecule has 1 atom stereocenters. The molecule has 0 spiro atoms. The van der Waals surface area contributed by atoms with E-state index in [1.165, 1.54) is 6.42 Å². The minimum atomic E-state index is 0.281. The molecule has 1 amide bonds. The molecule has 1 aromatic rings. The lowest BCUT2D eigenvalue weighted by Crippen LogP contribution is -2.39. The Morgan fingerprint density at radius 2 is 2.16 bits per heavy atom. The van der Waals surface area contributed by atoms with Gasteiger partial charge in [-0.2, -0.15) is 0 Å². The van der Waals surface area contributed by atoms with Crippen LogP contribution in [0.3, 0.4) is 0 Å². The number of likely N-dealkylation sites (tertiary alicyclic amines) is 1. The molecule has 0 bridgehead atoms. The minimum absolute atomic E-state index is 0.281. The second-order valence-corrected chi connectivity index (χ2v) is 5.35. The van der Waals surface area contributed by atoms with Gasteiger partial charge in [0.05, 0.1) is 6.61 Å². The SMILES string of the molecule is C[C@H]1CCCN(C(=O)CCCOc2ccccc2)C1. The number of amides is 1. The van der Waals surface area contributed by atoms with Crippen LogP contribution in [0.15, 0.2) is 30.3 Å². The Morgan fingerprint density at radius 1 is 1.37 bits per heavy atom. The molecule has 1 fully saturated rings. The smallest absolute Gasteiger partial charge is 0.222 e. The van der Waals surface area contributed by atoms with Crippen LogP contribution >= 0.6 is 0 Å². The zero-order valence-electron chi connectivity index (χ0n) is 11.7. The van der Waals surface area contributed by atoms with Gasteiger partial charge in [-0.05, 0) is 37.3 Å². The Labute approximate surface area is 115 Å². The number of piperidine rings is 1. The van der Waals surface area contributed by atoms with Gasteiger partial charge in [0.2, 0.25) is 5.91 Å². The van der Waals surface area contributed by atoms with Crippen molar-refractivity contribution in [3.05, 3.63) is 30.3 Å². The summed E-state index contributed by atoms with van der Waals surface area (Å²) in [5, 5.41) is 0. The van der Waals surface area contributed by atoms with E-state index in [0.717, 1.165) is 31.7 Å². The van der Waals surface area contributed by atoms with Crippen molar-refractivity contribution in [1.82, 2.24) is 4.90 Å². The first-order chi connectivity index (χ1) is 9.25. The van der Waals surface area contributed by atoms with Crippen molar-refractivity contribution in [3.63, 3.8) is 0 Å². The number of hydrogen-bond donors (Lipinski definition) is 0. The average molecular weight is 261 g/mol. The van der Waals surface area contributed by atoms with Crippen LogP contribution in [-0.4, -0.2) is 30.5 Å². The number of carbonyl (C=O) groups excluding carboxylic acids is 1. The molecular weight excluding hydrogens is 238 g/mol. The molecule has 0 aliphatic carbocycles. The summed E-state index contributed by atoms with van der Waals surface area (Å²) < 4.78 is 5.59. The van der Waals surface area contributed by atoms with Gasteiger partial charge in [0, 0.05) is 19.5 Å². The fourth-order valence-corrected chi connectivity index (χ4v) is 2.50. The monoisotopic (exact) mass is 261 g/mol. The zero-order valence-corrected chi connectivity index (χ0v) is 11.7. The van der Waals surface area contributed by atoms with E-state index >= 15 is 0 Å². The van der Waals surface area contributed by atoms with Crippen molar-refractivity contribution in [2.45, 2.75) is 32.6 Å². The van der Waals surface area contributed by atoms with E-state index in [0.29, 0.717) is 18.9 Å². The van der Waals surface area contributed by atoms with Crippen LogP contribution in [0.4, 0.5) is 0 Å². The fourth-order valence-electron chi connectivity index (χ4n) is 2.50. The lowest BCUT2D eigenvalue weighted by molar-refractivity contribution is -0.133. The quantitative estimate of drug-likeness (QED) is 0.762. The van der Waals surface area contributed by atoms with Gasteiger partial charge in [-0.1, -0.05) is 25.1 Å².